The molecule has 0 fully saturated rings. The molecule has 1 aromatic rings. The topological polar surface area (TPSA) is 67.8 Å². The number of rotatable bonds is 7. The van der Waals surface area contributed by atoms with E-state index in [9.17, 15) is 4.79 Å². The summed E-state index contributed by atoms with van der Waals surface area (Å²) in [5, 5.41) is 12.4. The number of nitrogens with one attached hydrogen (secondary N) is 1. The van der Waals surface area contributed by atoms with E-state index >= 15 is 0 Å². The third-order valence-electron chi connectivity index (χ3n) is 2.92. The number of amides is 1. The minimum absolute atomic E-state index is 0.0785. The summed E-state index contributed by atoms with van der Waals surface area (Å²) >= 11 is 6.17. The molecule has 5 nitrogen and oxygen atoms in total. The molecule has 0 unspecified atom stereocenters. The zero-order valence-corrected chi connectivity index (χ0v) is 14.9. The van der Waals surface area contributed by atoms with Crippen molar-refractivity contribution in [3.8, 4) is 5.75 Å². The molecule has 23 heavy (non-hydrogen) atoms. The number of para-hydroxylation sites is 1. The molecule has 0 heterocycles. The number of ether oxygens (including phenoxy) is 2. The highest BCUT2D eigenvalue weighted by Crippen LogP contribution is 2.30. The molecule has 130 valence electrons. The van der Waals surface area contributed by atoms with Crippen molar-refractivity contribution in [2.75, 3.05) is 13.2 Å². The number of aryl methyl sites for hydroxylation is 1. The van der Waals surface area contributed by atoms with E-state index < -0.39 is 11.7 Å². The maximum Gasteiger partial charge on any atom is 0.407 e. The molecule has 0 saturated carbocycles. The summed E-state index contributed by atoms with van der Waals surface area (Å²) in [4.78, 5) is 11.6. The Morgan fingerprint density at radius 2 is 2.09 bits per heavy atom. The minimum Gasteiger partial charge on any atom is -0.486 e. The molecule has 1 aromatic carbocycles. The van der Waals surface area contributed by atoms with Crippen LogP contribution in [0.1, 0.15) is 39.7 Å². The first-order valence-electron chi connectivity index (χ1n) is 7.74. The maximum absolute atomic E-state index is 11.6. The van der Waals surface area contributed by atoms with E-state index in [4.69, 9.17) is 26.2 Å². The smallest absolute Gasteiger partial charge is 0.407 e. The van der Waals surface area contributed by atoms with Crippen LogP contribution in [0.5, 0.6) is 5.75 Å². The summed E-state index contributed by atoms with van der Waals surface area (Å²) in [5.41, 5.74) is 0.446. The van der Waals surface area contributed by atoms with Crippen LogP contribution in [-0.4, -0.2) is 36.1 Å². The second kappa shape index (κ2) is 8.99. The second-order valence-corrected chi connectivity index (χ2v) is 6.78. The lowest BCUT2D eigenvalue weighted by atomic mass is 10.1. The summed E-state index contributed by atoms with van der Waals surface area (Å²) in [5.74, 6) is 0.591. The first-order chi connectivity index (χ1) is 10.7. The van der Waals surface area contributed by atoms with Gasteiger partial charge in [0.15, 0.2) is 0 Å². The Bertz CT molecular complexity index is 514. The van der Waals surface area contributed by atoms with Crippen LogP contribution in [0, 0.1) is 0 Å². The number of hydrogen-bond donors (Lipinski definition) is 2. The van der Waals surface area contributed by atoms with Gasteiger partial charge in [-0.05, 0) is 52.2 Å². The molecule has 0 bridgehead atoms. The summed E-state index contributed by atoms with van der Waals surface area (Å²) in [6.45, 7) is 7.66. The van der Waals surface area contributed by atoms with Crippen LogP contribution in [0.25, 0.3) is 0 Å². The number of alkyl carbamates (subject to hydrolysis) is 1. The third kappa shape index (κ3) is 7.57. The van der Waals surface area contributed by atoms with Gasteiger partial charge in [0.25, 0.3) is 0 Å². The lowest BCUT2D eigenvalue weighted by molar-refractivity contribution is 0.0527. The van der Waals surface area contributed by atoms with Gasteiger partial charge in [0.1, 0.15) is 17.5 Å². The average molecular weight is 344 g/mol. The van der Waals surface area contributed by atoms with Gasteiger partial charge in [0, 0.05) is 6.54 Å². The first kappa shape index (κ1) is 19.6. The van der Waals surface area contributed by atoms with Crippen molar-refractivity contribution in [2.24, 2.45) is 0 Å². The Hall–Kier alpha value is -1.46. The molecule has 0 aliphatic carbocycles. The van der Waals surface area contributed by atoms with Crippen LogP contribution in [0.15, 0.2) is 18.2 Å². The Morgan fingerprint density at radius 3 is 2.70 bits per heavy atom. The van der Waals surface area contributed by atoms with Gasteiger partial charge >= 0.3 is 6.09 Å². The van der Waals surface area contributed by atoms with Crippen LogP contribution in [0.2, 0.25) is 5.02 Å². The van der Waals surface area contributed by atoms with E-state index in [0.29, 0.717) is 23.7 Å². The van der Waals surface area contributed by atoms with Crippen molar-refractivity contribution in [1.82, 2.24) is 5.32 Å². The van der Waals surface area contributed by atoms with E-state index in [0.717, 1.165) is 12.0 Å². The molecule has 1 atom stereocenters. The van der Waals surface area contributed by atoms with Crippen molar-refractivity contribution in [2.45, 2.75) is 52.2 Å². The highest BCUT2D eigenvalue weighted by Gasteiger charge is 2.16. The fourth-order valence-electron chi connectivity index (χ4n) is 1.90. The lowest BCUT2D eigenvalue weighted by Crippen LogP contribution is -2.33. The molecule has 0 radical (unpaired) electrons. The predicted molar refractivity (Wildman–Crippen MR) is 91.2 cm³/mol. The van der Waals surface area contributed by atoms with Gasteiger partial charge in [-0.15, -0.1) is 0 Å². The Kier molecular flexibility index (Phi) is 7.65. The Labute approximate surface area is 142 Å². The maximum atomic E-state index is 11.6. The molecule has 0 aromatic heterocycles. The standard InChI is InChI=1S/C17H26ClNO4/c1-12(11-20)22-15-13(7-5-9-14(15)18)8-6-10-19-16(21)23-17(2,3)4/h5,7,9,12,20H,6,8,10-11H2,1-4H3,(H,19,21)/t12-/m1/s1. The molecule has 6 heteroatoms. The second-order valence-electron chi connectivity index (χ2n) is 6.37. The molecule has 2 N–H and O–H groups in total. The number of carbonyl (C=O) groups excluding carboxylic acids is 1. The quantitative estimate of drug-likeness (QED) is 0.743. The van der Waals surface area contributed by atoms with Gasteiger partial charge in [0.05, 0.1) is 11.6 Å². The molecule has 1 amide bonds. The van der Waals surface area contributed by atoms with Gasteiger partial charge < -0.3 is 19.9 Å². The number of halogens is 1. The van der Waals surface area contributed by atoms with Crippen molar-refractivity contribution in [1.29, 1.82) is 0 Å². The molecule has 0 aliphatic heterocycles. The number of benzene rings is 1. The molecule has 0 spiro atoms. The minimum atomic E-state index is -0.502. The summed E-state index contributed by atoms with van der Waals surface area (Å²) in [6.07, 6.45) is 0.676. The number of aliphatic hydroxyl groups excluding tert-OH is 1. The van der Waals surface area contributed by atoms with Gasteiger partial charge in [-0.1, -0.05) is 23.7 Å². The van der Waals surface area contributed by atoms with Gasteiger partial charge in [0.2, 0.25) is 0 Å². The molecule has 0 aliphatic rings. The SMILES string of the molecule is C[C@H](CO)Oc1c(Cl)cccc1CCCNC(=O)OC(C)(C)C. The monoisotopic (exact) mass is 343 g/mol. The molecular weight excluding hydrogens is 318 g/mol. The van der Waals surface area contributed by atoms with Crippen molar-refractivity contribution < 1.29 is 19.4 Å². The summed E-state index contributed by atoms with van der Waals surface area (Å²) in [7, 11) is 0. The zero-order chi connectivity index (χ0) is 17.5. The molecule has 1 rings (SSSR count). The van der Waals surface area contributed by atoms with E-state index in [-0.39, 0.29) is 12.7 Å². The number of carbonyl (C=O) groups is 1. The molecule has 0 saturated heterocycles. The fourth-order valence-corrected chi connectivity index (χ4v) is 2.14. The van der Waals surface area contributed by atoms with Crippen LogP contribution in [0.3, 0.4) is 0 Å². The van der Waals surface area contributed by atoms with Crippen LogP contribution in [0.4, 0.5) is 4.79 Å². The normalized spacial score (nSPS) is 12.6. The fraction of sp³-hybridized carbons (Fsp3) is 0.588. The van der Waals surface area contributed by atoms with E-state index in [2.05, 4.69) is 5.32 Å². The highest BCUT2D eigenvalue weighted by atomic mass is 35.5. The third-order valence-corrected chi connectivity index (χ3v) is 3.21. The van der Waals surface area contributed by atoms with Gasteiger partial charge in [-0.3, -0.25) is 0 Å². The predicted octanol–water partition coefficient (Wildman–Crippen LogP) is 3.56. The molecular formula is C17H26ClNO4. The largest absolute Gasteiger partial charge is 0.486 e. The van der Waals surface area contributed by atoms with E-state index in [1.165, 1.54) is 0 Å². The van der Waals surface area contributed by atoms with Crippen molar-refractivity contribution >= 4 is 17.7 Å². The first-order valence-corrected chi connectivity index (χ1v) is 8.12. The number of hydrogen-bond acceptors (Lipinski definition) is 4. The van der Waals surface area contributed by atoms with Gasteiger partial charge in [-0.25, -0.2) is 4.79 Å². The Morgan fingerprint density at radius 1 is 1.39 bits per heavy atom. The van der Waals surface area contributed by atoms with E-state index in [1.807, 2.05) is 32.9 Å². The van der Waals surface area contributed by atoms with E-state index in [1.54, 1.807) is 13.0 Å². The highest BCUT2D eigenvalue weighted by molar-refractivity contribution is 6.32. The van der Waals surface area contributed by atoms with Crippen LogP contribution >= 0.6 is 11.6 Å². The van der Waals surface area contributed by atoms with Crippen LogP contribution in [-0.2, 0) is 11.2 Å². The Balaban J connectivity index is 2.52. The zero-order valence-electron chi connectivity index (χ0n) is 14.2. The summed E-state index contributed by atoms with van der Waals surface area (Å²) in [6, 6.07) is 5.54. The number of aliphatic hydroxyl groups is 1. The summed E-state index contributed by atoms with van der Waals surface area (Å²) < 4.78 is 10.9. The van der Waals surface area contributed by atoms with Crippen molar-refractivity contribution in [3.63, 3.8) is 0 Å². The van der Waals surface area contributed by atoms with Crippen LogP contribution < -0.4 is 10.1 Å². The average Bonchev–Trinajstić information content (AvgIpc) is 2.44. The van der Waals surface area contributed by atoms with Gasteiger partial charge in [-0.2, -0.15) is 0 Å². The van der Waals surface area contributed by atoms with Crippen molar-refractivity contribution in [3.05, 3.63) is 28.8 Å². The lowest BCUT2D eigenvalue weighted by Gasteiger charge is -2.20.